The Balaban J connectivity index is 2.31. The molecule has 1 aliphatic rings. The minimum absolute atomic E-state index is 0.0348. The molecular formula is C10H16N2O4. The fourth-order valence-electron chi connectivity index (χ4n) is 1.17. The summed E-state index contributed by atoms with van der Waals surface area (Å²) in [4.78, 5) is 33.9. The number of carbonyl (C=O) groups excluding carboxylic acids is 3. The Bertz CT molecular complexity index is 319. The standard InChI is InChI=1S/C10H16N2O4/c1-10(2,3)6-16-5-4-12-8(14)7(13)11-9(12)15/h4-6H2,1-3H3,(H,11,13,15). The van der Waals surface area contributed by atoms with Gasteiger partial charge in [0.25, 0.3) is 0 Å². The van der Waals surface area contributed by atoms with Crippen LogP contribution in [-0.4, -0.2) is 42.5 Å². The summed E-state index contributed by atoms with van der Waals surface area (Å²) in [7, 11) is 0. The van der Waals surface area contributed by atoms with Crippen molar-refractivity contribution in [3.8, 4) is 0 Å². The number of hydrogen-bond donors (Lipinski definition) is 1. The molecule has 0 spiro atoms. The Labute approximate surface area is 93.9 Å². The van der Waals surface area contributed by atoms with Gasteiger partial charge in [-0.1, -0.05) is 20.8 Å². The van der Waals surface area contributed by atoms with E-state index in [0.717, 1.165) is 4.90 Å². The van der Waals surface area contributed by atoms with Crippen molar-refractivity contribution < 1.29 is 19.1 Å². The molecule has 1 saturated heterocycles. The van der Waals surface area contributed by atoms with E-state index in [1.165, 1.54) is 0 Å². The molecule has 0 aromatic heterocycles. The lowest BCUT2D eigenvalue weighted by molar-refractivity contribution is -0.140. The molecule has 90 valence electrons. The third-order valence-electron chi connectivity index (χ3n) is 1.90. The molecule has 1 fully saturated rings. The second kappa shape index (κ2) is 4.61. The molecule has 0 aliphatic carbocycles. The van der Waals surface area contributed by atoms with Gasteiger partial charge in [-0.25, -0.2) is 4.79 Å². The van der Waals surface area contributed by atoms with Crippen LogP contribution in [0, 0.1) is 5.41 Å². The summed E-state index contributed by atoms with van der Waals surface area (Å²) in [5.74, 6) is -1.69. The van der Waals surface area contributed by atoms with Crippen LogP contribution in [-0.2, 0) is 14.3 Å². The average molecular weight is 228 g/mol. The van der Waals surface area contributed by atoms with E-state index in [1.807, 2.05) is 26.1 Å². The second-order valence-electron chi connectivity index (χ2n) is 4.83. The van der Waals surface area contributed by atoms with Crippen LogP contribution in [0.5, 0.6) is 0 Å². The second-order valence-corrected chi connectivity index (χ2v) is 4.83. The van der Waals surface area contributed by atoms with Gasteiger partial charge in [0.05, 0.1) is 19.8 Å². The Morgan fingerprint density at radius 3 is 2.31 bits per heavy atom. The van der Waals surface area contributed by atoms with Gasteiger partial charge in [0.1, 0.15) is 0 Å². The van der Waals surface area contributed by atoms with Crippen LogP contribution in [0.3, 0.4) is 0 Å². The van der Waals surface area contributed by atoms with Crippen LogP contribution in [0.1, 0.15) is 20.8 Å². The summed E-state index contributed by atoms with van der Waals surface area (Å²) in [5.41, 5.74) is 0.0348. The molecule has 16 heavy (non-hydrogen) atoms. The van der Waals surface area contributed by atoms with E-state index >= 15 is 0 Å². The number of hydrogen-bond acceptors (Lipinski definition) is 4. The smallest absolute Gasteiger partial charge is 0.331 e. The number of carbonyl (C=O) groups is 3. The summed E-state index contributed by atoms with van der Waals surface area (Å²) < 4.78 is 5.31. The van der Waals surface area contributed by atoms with E-state index in [9.17, 15) is 14.4 Å². The molecule has 0 saturated carbocycles. The van der Waals surface area contributed by atoms with Crippen LogP contribution >= 0.6 is 0 Å². The highest BCUT2D eigenvalue weighted by Gasteiger charge is 2.36. The van der Waals surface area contributed by atoms with Crippen molar-refractivity contribution in [3.63, 3.8) is 0 Å². The predicted molar refractivity (Wildman–Crippen MR) is 55.5 cm³/mol. The monoisotopic (exact) mass is 228 g/mol. The van der Waals surface area contributed by atoms with Gasteiger partial charge in [-0.15, -0.1) is 0 Å². The topological polar surface area (TPSA) is 75.7 Å². The normalized spacial score (nSPS) is 16.9. The summed E-state index contributed by atoms with van der Waals surface area (Å²) in [6.07, 6.45) is 0. The molecule has 0 atom stereocenters. The number of urea groups is 1. The van der Waals surface area contributed by atoms with Gasteiger partial charge in [-0.2, -0.15) is 0 Å². The third kappa shape index (κ3) is 3.30. The highest BCUT2D eigenvalue weighted by Crippen LogP contribution is 2.12. The zero-order valence-electron chi connectivity index (χ0n) is 9.70. The molecule has 0 radical (unpaired) electrons. The van der Waals surface area contributed by atoms with Crippen molar-refractivity contribution in [1.29, 1.82) is 0 Å². The van der Waals surface area contributed by atoms with Crippen LogP contribution < -0.4 is 5.32 Å². The van der Waals surface area contributed by atoms with Crippen molar-refractivity contribution in [1.82, 2.24) is 10.2 Å². The maximum atomic E-state index is 11.1. The zero-order valence-corrected chi connectivity index (χ0v) is 9.70. The Kier molecular flexibility index (Phi) is 3.64. The minimum atomic E-state index is -0.874. The number of imide groups is 2. The first-order valence-corrected chi connectivity index (χ1v) is 5.06. The first-order chi connectivity index (χ1) is 7.31. The first-order valence-electron chi connectivity index (χ1n) is 5.06. The molecule has 4 amide bonds. The highest BCUT2D eigenvalue weighted by molar-refractivity contribution is 6.44. The maximum absolute atomic E-state index is 11.1. The fraction of sp³-hybridized carbons (Fsp3) is 0.700. The Hall–Kier alpha value is -1.43. The van der Waals surface area contributed by atoms with Gasteiger partial charge in [-0.05, 0) is 5.41 Å². The molecule has 0 aromatic carbocycles. The largest absolute Gasteiger partial charge is 0.379 e. The Morgan fingerprint density at radius 2 is 1.88 bits per heavy atom. The summed E-state index contributed by atoms with van der Waals surface area (Å²) in [6, 6.07) is -0.672. The molecule has 1 N–H and O–H groups in total. The van der Waals surface area contributed by atoms with Crippen molar-refractivity contribution in [2.45, 2.75) is 20.8 Å². The molecule has 6 nitrogen and oxygen atoms in total. The van der Waals surface area contributed by atoms with Crippen LogP contribution in [0.2, 0.25) is 0 Å². The van der Waals surface area contributed by atoms with Crippen molar-refractivity contribution in [2.24, 2.45) is 5.41 Å². The lowest BCUT2D eigenvalue weighted by Crippen LogP contribution is -2.34. The molecule has 0 bridgehead atoms. The van der Waals surface area contributed by atoms with E-state index in [-0.39, 0.29) is 18.6 Å². The average Bonchev–Trinajstić information content (AvgIpc) is 2.36. The lowest BCUT2D eigenvalue weighted by Gasteiger charge is -2.19. The van der Waals surface area contributed by atoms with Gasteiger partial charge in [-0.3, -0.25) is 19.8 Å². The van der Waals surface area contributed by atoms with Crippen molar-refractivity contribution in [3.05, 3.63) is 0 Å². The molecule has 1 aliphatic heterocycles. The zero-order chi connectivity index (χ0) is 12.3. The number of amides is 4. The first kappa shape index (κ1) is 12.6. The van der Waals surface area contributed by atoms with Gasteiger partial charge < -0.3 is 4.74 Å². The third-order valence-corrected chi connectivity index (χ3v) is 1.90. The molecule has 1 rings (SSSR count). The fourth-order valence-corrected chi connectivity index (χ4v) is 1.17. The van der Waals surface area contributed by atoms with Gasteiger partial charge in [0.2, 0.25) is 0 Å². The summed E-state index contributed by atoms with van der Waals surface area (Å²) in [5, 5.41) is 1.92. The van der Waals surface area contributed by atoms with E-state index in [0.29, 0.717) is 6.61 Å². The predicted octanol–water partition coefficient (Wildman–Crippen LogP) is 0.128. The van der Waals surface area contributed by atoms with Crippen molar-refractivity contribution in [2.75, 3.05) is 19.8 Å². The van der Waals surface area contributed by atoms with E-state index in [1.54, 1.807) is 0 Å². The van der Waals surface area contributed by atoms with Gasteiger partial charge in [0.15, 0.2) is 0 Å². The number of nitrogens with one attached hydrogen (secondary N) is 1. The maximum Gasteiger partial charge on any atom is 0.331 e. The number of ether oxygens (including phenoxy) is 1. The minimum Gasteiger partial charge on any atom is -0.379 e. The number of nitrogens with zero attached hydrogens (tertiary/aromatic N) is 1. The molecule has 6 heteroatoms. The molecular weight excluding hydrogens is 212 g/mol. The van der Waals surface area contributed by atoms with Crippen LogP contribution in [0.4, 0.5) is 4.79 Å². The Morgan fingerprint density at radius 1 is 1.25 bits per heavy atom. The van der Waals surface area contributed by atoms with E-state index in [2.05, 4.69) is 0 Å². The quantitative estimate of drug-likeness (QED) is 0.421. The molecule has 0 unspecified atom stereocenters. The van der Waals surface area contributed by atoms with Gasteiger partial charge >= 0.3 is 17.8 Å². The van der Waals surface area contributed by atoms with E-state index in [4.69, 9.17) is 4.74 Å². The summed E-state index contributed by atoms with van der Waals surface area (Å²) >= 11 is 0. The number of rotatable bonds is 4. The summed E-state index contributed by atoms with van der Waals surface area (Å²) in [6.45, 7) is 6.93. The SMILES string of the molecule is CC(C)(C)COCCN1C(=O)NC(=O)C1=O. The van der Waals surface area contributed by atoms with Crippen LogP contribution in [0.25, 0.3) is 0 Å². The highest BCUT2D eigenvalue weighted by atomic mass is 16.5. The van der Waals surface area contributed by atoms with Gasteiger partial charge in [0, 0.05) is 0 Å². The van der Waals surface area contributed by atoms with Crippen LogP contribution in [0.15, 0.2) is 0 Å². The molecule has 0 aromatic rings. The molecule has 1 heterocycles. The lowest BCUT2D eigenvalue weighted by atomic mass is 9.99. The van der Waals surface area contributed by atoms with E-state index < -0.39 is 17.8 Å². The van der Waals surface area contributed by atoms with Crippen molar-refractivity contribution >= 4 is 17.8 Å².